The highest BCUT2D eigenvalue weighted by Gasteiger charge is 2.28. The van der Waals surface area contributed by atoms with E-state index in [0.29, 0.717) is 11.3 Å². The number of pyridine rings is 1. The zero-order valence-corrected chi connectivity index (χ0v) is 12.1. The molecule has 1 aromatic carbocycles. The molecule has 0 saturated carbocycles. The van der Waals surface area contributed by atoms with Crippen LogP contribution in [0.1, 0.15) is 17.3 Å². The van der Waals surface area contributed by atoms with Gasteiger partial charge in [-0.05, 0) is 18.6 Å². The molecule has 22 heavy (non-hydrogen) atoms. The van der Waals surface area contributed by atoms with Crippen LogP contribution in [0, 0.1) is 17.0 Å². The summed E-state index contributed by atoms with van der Waals surface area (Å²) >= 11 is 0. The highest BCUT2D eigenvalue weighted by molar-refractivity contribution is 5.78. The van der Waals surface area contributed by atoms with Crippen LogP contribution in [-0.2, 0) is 9.53 Å². The molecule has 114 valence electrons. The van der Waals surface area contributed by atoms with E-state index < -0.39 is 28.2 Å². The first-order valence-corrected chi connectivity index (χ1v) is 6.46. The number of nitro groups is 1. The summed E-state index contributed by atoms with van der Waals surface area (Å²) in [4.78, 5) is 34.7. The van der Waals surface area contributed by atoms with Crippen LogP contribution in [0.4, 0.5) is 5.69 Å². The molecule has 0 spiro atoms. The zero-order chi connectivity index (χ0) is 16.3. The first kappa shape index (κ1) is 15.4. The van der Waals surface area contributed by atoms with Crippen molar-refractivity contribution in [1.82, 2.24) is 4.57 Å². The first-order chi connectivity index (χ1) is 10.5. The minimum Gasteiger partial charge on any atom is -0.467 e. The molecule has 0 saturated heterocycles. The third-order valence-electron chi connectivity index (χ3n) is 3.29. The molecule has 0 N–H and O–H groups in total. The summed E-state index contributed by atoms with van der Waals surface area (Å²) in [7, 11) is 1.20. The maximum absolute atomic E-state index is 12.4. The smallest absolute Gasteiger partial charge is 0.334 e. The van der Waals surface area contributed by atoms with Crippen molar-refractivity contribution in [3.63, 3.8) is 0 Å². The predicted molar refractivity (Wildman–Crippen MR) is 78.7 cm³/mol. The summed E-state index contributed by atoms with van der Waals surface area (Å²) in [6.07, 6.45) is 0. The van der Waals surface area contributed by atoms with Gasteiger partial charge >= 0.3 is 17.2 Å². The van der Waals surface area contributed by atoms with Crippen LogP contribution in [0.2, 0.25) is 0 Å². The van der Waals surface area contributed by atoms with E-state index in [0.717, 1.165) is 10.6 Å². The van der Waals surface area contributed by atoms with Gasteiger partial charge in [-0.15, -0.1) is 0 Å². The Kier molecular flexibility index (Phi) is 4.36. The summed E-state index contributed by atoms with van der Waals surface area (Å²) in [5, 5.41) is 11.0. The first-order valence-electron chi connectivity index (χ1n) is 6.46. The fourth-order valence-corrected chi connectivity index (χ4v) is 2.23. The van der Waals surface area contributed by atoms with Crippen molar-refractivity contribution in [2.45, 2.75) is 13.0 Å². The van der Waals surface area contributed by atoms with E-state index in [9.17, 15) is 19.7 Å². The summed E-state index contributed by atoms with van der Waals surface area (Å²) in [6, 6.07) is 10.00. The summed E-state index contributed by atoms with van der Waals surface area (Å²) in [5.41, 5.74) is -0.491. The molecule has 1 atom stereocenters. The minimum atomic E-state index is -1.07. The van der Waals surface area contributed by atoms with Crippen molar-refractivity contribution < 1.29 is 14.5 Å². The van der Waals surface area contributed by atoms with Gasteiger partial charge in [0, 0.05) is 11.8 Å². The number of carbonyl (C=O) groups is 1. The summed E-state index contributed by atoms with van der Waals surface area (Å²) in [6.45, 7) is 1.60. The molecular formula is C15H14N2O5. The fraction of sp³-hybridized carbons (Fsp3) is 0.200. The summed E-state index contributed by atoms with van der Waals surface area (Å²) < 4.78 is 5.85. The molecule has 2 rings (SSSR count). The van der Waals surface area contributed by atoms with Gasteiger partial charge in [-0.2, -0.15) is 0 Å². The highest BCUT2D eigenvalue weighted by atomic mass is 16.6. The van der Waals surface area contributed by atoms with Crippen LogP contribution >= 0.6 is 0 Å². The molecule has 1 heterocycles. The number of hydrogen-bond acceptors (Lipinski definition) is 5. The predicted octanol–water partition coefficient (Wildman–Crippen LogP) is 1.83. The second kappa shape index (κ2) is 6.21. The third kappa shape index (κ3) is 2.73. The maximum atomic E-state index is 12.4. The van der Waals surface area contributed by atoms with Crippen molar-refractivity contribution in [3.8, 4) is 0 Å². The SMILES string of the molecule is COC(=O)C(c1ccccc1)n1c(C)ccc([N+](=O)[O-])c1=O. The molecule has 0 amide bonds. The lowest BCUT2D eigenvalue weighted by Gasteiger charge is -2.20. The molecule has 0 aliphatic heterocycles. The van der Waals surface area contributed by atoms with Crippen molar-refractivity contribution in [2.75, 3.05) is 7.11 Å². The van der Waals surface area contributed by atoms with Gasteiger partial charge in [-0.25, -0.2) is 4.79 Å². The Morgan fingerprint density at radius 3 is 2.41 bits per heavy atom. The van der Waals surface area contributed by atoms with Gasteiger partial charge in [0.2, 0.25) is 0 Å². The van der Waals surface area contributed by atoms with E-state index >= 15 is 0 Å². The molecule has 0 radical (unpaired) electrons. The van der Waals surface area contributed by atoms with Crippen LogP contribution in [0.25, 0.3) is 0 Å². The molecule has 0 aliphatic carbocycles. The van der Waals surface area contributed by atoms with Gasteiger partial charge in [0.25, 0.3) is 0 Å². The van der Waals surface area contributed by atoms with Crippen LogP contribution in [0.3, 0.4) is 0 Å². The molecular weight excluding hydrogens is 288 g/mol. The number of nitrogens with zero attached hydrogens (tertiary/aromatic N) is 2. The average molecular weight is 302 g/mol. The topological polar surface area (TPSA) is 91.4 Å². The molecule has 2 aromatic rings. The summed E-state index contributed by atoms with van der Waals surface area (Å²) in [5.74, 6) is -0.670. The normalized spacial score (nSPS) is 11.7. The van der Waals surface area contributed by atoms with E-state index in [1.807, 2.05) is 0 Å². The third-order valence-corrected chi connectivity index (χ3v) is 3.29. The fourth-order valence-electron chi connectivity index (χ4n) is 2.23. The average Bonchev–Trinajstić information content (AvgIpc) is 2.51. The number of esters is 1. The molecule has 0 fully saturated rings. The van der Waals surface area contributed by atoms with Gasteiger partial charge in [0.1, 0.15) is 0 Å². The zero-order valence-electron chi connectivity index (χ0n) is 12.1. The van der Waals surface area contributed by atoms with E-state index in [2.05, 4.69) is 0 Å². The molecule has 0 bridgehead atoms. The molecule has 7 nitrogen and oxygen atoms in total. The van der Waals surface area contributed by atoms with Gasteiger partial charge in [-0.3, -0.25) is 19.5 Å². The van der Waals surface area contributed by atoms with Gasteiger partial charge < -0.3 is 4.74 Å². The Hall–Kier alpha value is -2.96. The van der Waals surface area contributed by atoms with E-state index in [4.69, 9.17) is 4.74 Å². The van der Waals surface area contributed by atoms with Crippen molar-refractivity contribution in [2.24, 2.45) is 0 Å². The molecule has 1 aromatic heterocycles. The Balaban J connectivity index is 2.73. The standard InChI is InChI=1S/C15H14N2O5/c1-10-8-9-12(17(20)21)14(18)16(10)13(15(19)22-2)11-6-4-3-5-7-11/h3-9,13H,1-2H3. The Morgan fingerprint density at radius 1 is 1.23 bits per heavy atom. The number of carbonyl (C=O) groups excluding carboxylic acids is 1. The number of aryl methyl sites for hydroxylation is 1. The van der Waals surface area contributed by atoms with Gasteiger partial charge in [-0.1, -0.05) is 30.3 Å². The number of aromatic nitrogens is 1. The number of hydrogen-bond donors (Lipinski definition) is 0. The van der Waals surface area contributed by atoms with Crippen LogP contribution in [0.15, 0.2) is 47.3 Å². The van der Waals surface area contributed by atoms with E-state index in [1.165, 1.54) is 13.2 Å². The van der Waals surface area contributed by atoms with Crippen molar-refractivity contribution in [1.29, 1.82) is 0 Å². The molecule has 1 unspecified atom stereocenters. The maximum Gasteiger partial charge on any atom is 0.334 e. The van der Waals surface area contributed by atoms with Gasteiger partial charge in [0.15, 0.2) is 6.04 Å². The van der Waals surface area contributed by atoms with E-state index in [-0.39, 0.29) is 0 Å². The molecule has 7 heteroatoms. The Bertz CT molecular complexity index is 767. The second-order valence-corrected chi connectivity index (χ2v) is 4.63. The van der Waals surface area contributed by atoms with Crippen LogP contribution in [0.5, 0.6) is 0 Å². The van der Waals surface area contributed by atoms with Crippen LogP contribution < -0.4 is 5.56 Å². The lowest BCUT2D eigenvalue weighted by Crippen LogP contribution is -2.33. The number of ether oxygens (including phenoxy) is 1. The number of methoxy groups -OCH3 is 1. The van der Waals surface area contributed by atoms with Crippen LogP contribution in [-0.4, -0.2) is 22.6 Å². The Morgan fingerprint density at radius 2 is 1.86 bits per heavy atom. The quantitative estimate of drug-likeness (QED) is 0.488. The van der Waals surface area contributed by atoms with E-state index in [1.54, 1.807) is 37.3 Å². The minimum absolute atomic E-state index is 0.426. The molecule has 0 aliphatic rings. The van der Waals surface area contributed by atoms with Crippen molar-refractivity contribution in [3.05, 3.63) is 74.2 Å². The largest absolute Gasteiger partial charge is 0.467 e. The van der Waals surface area contributed by atoms with Crippen molar-refractivity contribution >= 4 is 11.7 Å². The van der Waals surface area contributed by atoms with Gasteiger partial charge in [0.05, 0.1) is 12.0 Å². The number of benzene rings is 1. The Labute approximate surface area is 125 Å². The monoisotopic (exact) mass is 302 g/mol. The highest BCUT2D eigenvalue weighted by Crippen LogP contribution is 2.21. The lowest BCUT2D eigenvalue weighted by molar-refractivity contribution is -0.386. The lowest BCUT2D eigenvalue weighted by atomic mass is 10.1. The number of rotatable bonds is 4. The second-order valence-electron chi connectivity index (χ2n) is 4.63.